The number of hydrogen-bond donors (Lipinski definition) is 1. The summed E-state index contributed by atoms with van der Waals surface area (Å²) in [6.07, 6.45) is 2.81. The normalized spacial score (nSPS) is 10.8. The molecule has 17 heavy (non-hydrogen) atoms. The van der Waals surface area contributed by atoms with Crippen molar-refractivity contribution in [3.63, 3.8) is 0 Å². The van der Waals surface area contributed by atoms with Gasteiger partial charge in [0.15, 0.2) is 0 Å². The van der Waals surface area contributed by atoms with Crippen LogP contribution < -0.4 is 0 Å². The van der Waals surface area contributed by atoms with Crippen molar-refractivity contribution in [1.29, 1.82) is 0 Å². The lowest BCUT2D eigenvalue weighted by Gasteiger charge is -2.13. The fourth-order valence-corrected chi connectivity index (χ4v) is 1.98. The fourth-order valence-electron chi connectivity index (χ4n) is 1.80. The van der Waals surface area contributed by atoms with E-state index in [1.165, 1.54) is 5.56 Å². The van der Waals surface area contributed by atoms with Crippen molar-refractivity contribution in [3.8, 4) is 0 Å². The van der Waals surface area contributed by atoms with Gasteiger partial charge in [0.2, 0.25) is 5.91 Å². The molecule has 0 spiro atoms. The molecule has 0 aliphatic rings. The highest BCUT2D eigenvalue weighted by Gasteiger charge is 2.07. The fraction of sp³-hybridized carbons (Fsp3) is 0.308. The molecular weight excluding hydrogens is 236 g/mol. The Morgan fingerprint density at radius 3 is 2.94 bits per heavy atom. The summed E-state index contributed by atoms with van der Waals surface area (Å²) in [4.78, 5) is 16.0. The third-order valence-corrected chi connectivity index (χ3v) is 3.22. The van der Waals surface area contributed by atoms with Gasteiger partial charge in [-0.1, -0.05) is 11.6 Å². The van der Waals surface area contributed by atoms with Crippen LogP contribution in [0.4, 0.5) is 0 Å². The molecule has 90 valence electrons. The molecule has 0 atom stereocenters. The van der Waals surface area contributed by atoms with Gasteiger partial charge in [0, 0.05) is 42.6 Å². The molecule has 1 N–H and O–H groups in total. The van der Waals surface area contributed by atoms with Crippen LogP contribution in [-0.4, -0.2) is 29.4 Å². The van der Waals surface area contributed by atoms with Gasteiger partial charge in [-0.25, -0.2) is 0 Å². The molecule has 2 rings (SSSR count). The van der Waals surface area contributed by atoms with Crippen LogP contribution in [0.2, 0.25) is 5.02 Å². The van der Waals surface area contributed by atoms with Crippen LogP contribution in [0.5, 0.6) is 0 Å². The molecule has 0 aliphatic carbocycles. The van der Waals surface area contributed by atoms with Crippen molar-refractivity contribution in [3.05, 3.63) is 35.0 Å². The monoisotopic (exact) mass is 250 g/mol. The number of hydrogen-bond acceptors (Lipinski definition) is 1. The number of benzene rings is 1. The van der Waals surface area contributed by atoms with E-state index in [2.05, 4.69) is 4.98 Å². The summed E-state index contributed by atoms with van der Waals surface area (Å²) in [5.41, 5.74) is 2.27. The molecule has 1 aromatic carbocycles. The smallest absolute Gasteiger partial charge is 0.219 e. The highest BCUT2D eigenvalue weighted by atomic mass is 35.5. The highest BCUT2D eigenvalue weighted by molar-refractivity contribution is 6.31. The highest BCUT2D eigenvalue weighted by Crippen LogP contribution is 2.22. The minimum atomic E-state index is 0.0860. The van der Waals surface area contributed by atoms with Crippen LogP contribution >= 0.6 is 11.6 Å². The van der Waals surface area contributed by atoms with Crippen molar-refractivity contribution >= 4 is 28.4 Å². The van der Waals surface area contributed by atoms with E-state index in [-0.39, 0.29) is 5.91 Å². The Balaban J connectivity index is 2.19. The molecule has 0 unspecified atom stereocenters. The van der Waals surface area contributed by atoms with Gasteiger partial charge < -0.3 is 9.88 Å². The van der Waals surface area contributed by atoms with Crippen molar-refractivity contribution in [1.82, 2.24) is 9.88 Å². The molecule has 2 aromatic rings. The predicted molar refractivity (Wildman–Crippen MR) is 70.3 cm³/mol. The zero-order valence-corrected chi connectivity index (χ0v) is 10.7. The van der Waals surface area contributed by atoms with E-state index >= 15 is 0 Å². The summed E-state index contributed by atoms with van der Waals surface area (Å²) >= 11 is 5.98. The van der Waals surface area contributed by atoms with Gasteiger partial charge in [0.25, 0.3) is 0 Å². The number of rotatable bonds is 3. The molecule has 1 amide bonds. The van der Waals surface area contributed by atoms with Gasteiger partial charge in [-0.3, -0.25) is 4.79 Å². The van der Waals surface area contributed by atoms with Gasteiger partial charge >= 0.3 is 0 Å². The van der Waals surface area contributed by atoms with E-state index in [4.69, 9.17) is 11.6 Å². The van der Waals surface area contributed by atoms with Gasteiger partial charge in [-0.2, -0.15) is 0 Å². The average Bonchev–Trinajstić information content (AvgIpc) is 2.68. The van der Waals surface area contributed by atoms with Gasteiger partial charge in [-0.15, -0.1) is 0 Å². The van der Waals surface area contributed by atoms with Crippen molar-refractivity contribution < 1.29 is 4.79 Å². The lowest BCUT2D eigenvalue weighted by atomic mass is 10.1. The van der Waals surface area contributed by atoms with Gasteiger partial charge in [0.1, 0.15) is 0 Å². The molecule has 4 heteroatoms. The summed E-state index contributed by atoms with van der Waals surface area (Å²) in [6.45, 7) is 2.29. The molecule has 0 bridgehead atoms. The Hall–Kier alpha value is -1.48. The van der Waals surface area contributed by atoms with Crippen LogP contribution in [0.25, 0.3) is 10.9 Å². The van der Waals surface area contributed by atoms with Gasteiger partial charge in [-0.05, 0) is 30.2 Å². The van der Waals surface area contributed by atoms with Crippen molar-refractivity contribution in [2.75, 3.05) is 13.6 Å². The topological polar surface area (TPSA) is 36.1 Å². The number of carbonyl (C=O) groups excluding carboxylic acids is 1. The lowest BCUT2D eigenvalue weighted by molar-refractivity contribution is -0.127. The maximum atomic E-state index is 11.1. The number of halogens is 1. The summed E-state index contributed by atoms with van der Waals surface area (Å²) in [5.74, 6) is 0.0860. The summed E-state index contributed by atoms with van der Waals surface area (Å²) in [7, 11) is 1.81. The minimum absolute atomic E-state index is 0.0860. The number of aromatic amines is 1. The molecule has 1 aromatic heterocycles. The van der Waals surface area contributed by atoms with Crippen LogP contribution in [-0.2, 0) is 11.2 Å². The largest absolute Gasteiger partial charge is 0.361 e. The SMILES string of the molecule is CC(=O)N(C)CCc1c[nH]c2ccc(Cl)cc12. The zero-order valence-electron chi connectivity index (χ0n) is 9.96. The summed E-state index contributed by atoms with van der Waals surface area (Å²) in [5, 5.41) is 1.87. The Morgan fingerprint density at radius 2 is 2.24 bits per heavy atom. The molecule has 0 fully saturated rings. The Morgan fingerprint density at radius 1 is 1.47 bits per heavy atom. The van der Waals surface area contributed by atoms with Crippen LogP contribution in [0, 0.1) is 0 Å². The number of fused-ring (bicyclic) bond motifs is 1. The molecule has 0 saturated carbocycles. The maximum Gasteiger partial charge on any atom is 0.219 e. The summed E-state index contributed by atoms with van der Waals surface area (Å²) < 4.78 is 0. The average molecular weight is 251 g/mol. The number of H-pyrrole nitrogens is 1. The number of carbonyl (C=O) groups is 1. The molecule has 0 radical (unpaired) electrons. The number of nitrogens with one attached hydrogen (secondary N) is 1. The first-order chi connectivity index (χ1) is 8.08. The number of nitrogens with zero attached hydrogens (tertiary/aromatic N) is 1. The number of aromatic nitrogens is 1. The first-order valence-electron chi connectivity index (χ1n) is 5.55. The van der Waals surface area contributed by atoms with E-state index in [1.54, 1.807) is 11.8 Å². The van der Waals surface area contributed by atoms with E-state index in [1.807, 2.05) is 31.4 Å². The second-order valence-corrected chi connectivity index (χ2v) is 4.63. The summed E-state index contributed by atoms with van der Waals surface area (Å²) in [6, 6.07) is 5.79. The van der Waals surface area contributed by atoms with Gasteiger partial charge in [0.05, 0.1) is 0 Å². The van der Waals surface area contributed by atoms with E-state index in [0.717, 1.165) is 28.9 Å². The third kappa shape index (κ3) is 2.61. The standard InChI is InChI=1S/C13H15ClN2O/c1-9(17)16(2)6-5-10-8-15-13-4-3-11(14)7-12(10)13/h3-4,7-8,15H,5-6H2,1-2H3. The Bertz CT molecular complexity index is 547. The zero-order chi connectivity index (χ0) is 12.4. The maximum absolute atomic E-state index is 11.1. The van der Waals surface area contributed by atoms with E-state index in [0.29, 0.717) is 0 Å². The second kappa shape index (κ2) is 4.80. The van der Waals surface area contributed by atoms with Crippen molar-refractivity contribution in [2.24, 2.45) is 0 Å². The molecule has 3 nitrogen and oxygen atoms in total. The lowest BCUT2D eigenvalue weighted by Crippen LogP contribution is -2.25. The van der Waals surface area contributed by atoms with Crippen LogP contribution in [0.1, 0.15) is 12.5 Å². The quantitative estimate of drug-likeness (QED) is 0.894. The predicted octanol–water partition coefficient (Wildman–Crippen LogP) is 2.84. The minimum Gasteiger partial charge on any atom is -0.361 e. The first-order valence-corrected chi connectivity index (χ1v) is 5.93. The van der Waals surface area contributed by atoms with Crippen molar-refractivity contribution in [2.45, 2.75) is 13.3 Å². The Kier molecular flexibility index (Phi) is 3.38. The third-order valence-electron chi connectivity index (χ3n) is 2.98. The Labute approximate surface area is 105 Å². The molecule has 1 heterocycles. The molecular formula is C13H15ClN2O. The van der Waals surface area contributed by atoms with E-state index < -0.39 is 0 Å². The van der Waals surface area contributed by atoms with Crippen LogP contribution in [0.3, 0.4) is 0 Å². The number of likely N-dealkylation sites (N-methyl/N-ethyl adjacent to an activating group) is 1. The number of amides is 1. The molecule has 0 aliphatic heterocycles. The second-order valence-electron chi connectivity index (χ2n) is 4.19. The van der Waals surface area contributed by atoms with Crippen LogP contribution in [0.15, 0.2) is 24.4 Å². The first kappa shape index (κ1) is 12.0. The molecule has 0 saturated heterocycles. The van der Waals surface area contributed by atoms with E-state index in [9.17, 15) is 4.79 Å².